The van der Waals surface area contributed by atoms with E-state index in [-0.39, 0.29) is 7.92 Å². The lowest BCUT2D eigenvalue weighted by molar-refractivity contribution is 0.991. The van der Waals surface area contributed by atoms with Crippen molar-refractivity contribution in [2.45, 2.75) is 19.0 Å². The maximum Gasteiger partial charge on any atom is -0.0128 e. The Kier molecular flexibility index (Phi) is 2.28. The summed E-state index contributed by atoms with van der Waals surface area (Å²) in [6.45, 7) is 2.35. The highest BCUT2D eigenvalue weighted by molar-refractivity contribution is 7.69. The van der Waals surface area contributed by atoms with Gasteiger partial charge in [-0.3, -0.25) is 0 Å². The van der Waals surface area contributed by atoms with Gasteiger partial charge < -0.3 is 0 Å². The number of allylic oxidation sites excluding steroid dienone is 1. The Hall–Kier alpha value is -0.610. The molecule has 0 nitrogen and oxygen atoms in total. The molecule has 0 aliphatic carbocycles. The predicted molar refractivity (Wildman–Crippen MR) is 56.2 cm³/mol. The van der Waals surface area contributed by atoms with Crippen molar-refractivity contribution in [2.75, 3.05) is 0 Å². The lowest BCUT2D eigenvalue weighted by Crippen LogP contribution is -2.04. The smallest absolute Gasteiger partial charge is 0.0128 e. The normalized spacial score (nSPS) is 27.8. The molecule has 1 aliphatic rings. The standard InChI is InChI=1S/C11H13P/c1-10-6-5-9-12(10)11-7-3-2-4-8-11/h2-5,7-10H,6H2,1H3/t10-,12+/m0/s1. The molecule has 0 saturated carbocycles. The van der Waals surface area contributed by atoms with Crippen molar-refractivity contribution in [3.05, 3.63) is 42.2 Å². The van der Waals surface area contributed by atoms with E-state index in [1.165, 1.54) is 11.7 Å². The number of rotatable bonds is 1. The summed E-state index contributed by atoms with van der Waals surface area (Å²) in [7, 11) is 0.0180. The summed E-state index contributed by atoms with van der Waals surface area (Å²) in [6.07, 6.45) is 3.59. The molecule has 1 heterocycles. The van der Waals surface area contributed by atoms with Gasteiger partial charge in [-0.25, -0.2) is 0 Å². The molecule has 1 aromatic carbocycles. The van der Waals surface area contributed by atoms with Crippen LogP contribution in [0.3, 0.4) is 0 Å². The fourth-order valence-electron chi connectivity index (χ4n) is 1.57. The van der Waals surface area contributed by atoms with Crippen LogP contribution < -0.4 is 5.30 Å². The molecule has 0 aromatic heterocycles. The van der Waals surface area contributed by atoms with E-state index in [4.69, 9.17) is 0 Å². The molecule has 0 spiro atoms. The van der Waals surface area contributed by atoms with Crippen molar-refractivity contribution >= 4 is 13.2 Å². The monoisotopic (exact) mass is 176 g/mol. The third kappa shape index (κ3) is 1.44. The molecule has 0 fully saturated rings. The Bertz CT molecular complexity index is 276. The van der Waals surface area contributed by atoms with Gasteiger partial charge in [0.05, 0.1) is 0 Å². The second-order valence-electron chi connectivity index (χ2n) is 3.21. The van der Waals surface area contributed by atoms with Gasteiger partial charge in [0, 0.05) is 0 Å². The van der Waals surface area contributed by atoms with Gasteiger partial charge >= 0.3 is 0 Å². The summed E-state index contributed by atoms with van der Waals surface area (Å²) in [5.41, 5.74) is 0.849. The summed E-state index contributed by atoms with van der Waals surface area (Å²) < 4.78 is 0. The van der Waals surface area contributed by atoms with Gasteiger partial charge in [-0.1, -0.05) is 49.1 Å². The molecule has 0 saturated heterocycles. The Morgan fingerprint density at radius 1 is 1.25 bits per heavy atom. The van der Waals surface area contributed by atoms with Gasteiger partial charge in [0.15, 0.2) is 0 Å². The Morgan fingerprint density at radius 3 is 2.58 bits per heavy atom. The topological polar surface area (TPSA) is 0 Å². The van der Waals surface area contributed by atoms with Crippen molar-refractivity contribution in [2.24, 2.45) is 0 Å². The van der Waals surface area contributed by atoms with Crippen molar-refractivity contribution in [3.63, 3.8) is 0 Å². The molecule has 62 valence electrons. The number of hydrogen-bond donors (Lipinski definition) is 0. The second-order valence-corrected chi connectivity index (χ2v) is 5.72. The zero-order chi connectivity index (χ0) is 8.39. The molecule has 1 aromatic rings. The van der Waals surface area contributed by atoms with E-state index < -0.39 is 0 Å². The minimum absolute atomic E-state index is 0.0180. The summed E-state index contributed by atoms with van der Waals surface area (Å²) in [5.74, 6) is 2.40. The molecule has 12 heavy (non-hydrogen) atoms. The molecule has 1 heteroatoms. The molecular weight excluding hydrogens is 163 g/mol. The highest BCUT2D eigenvalue weighted by Crippen LogP contribution is 2.47. The summed E-state index contributed by atoms with van der Waals surface area (Å²) in [5, 5.41) is 1.52. The van der Waals surface area contributed by atoms with Crippen LogP contribution in [0.1, 0.15) is 13.3 Å². The highest BCUT2D eigenvalue weighted by atomic mass is 31.1. The summed E-state index contributed by atoms with van der Waals surface area (Å²) in [4.78, 5) is 0. The zero-order valence-corrected chi connectivity index (χ0v) is 8.17. The predicted octanol–water partition coefficient (Wildman–Crippen LogP) is 3.10. The van der Waals surface area contributed by atoms with E-state index >= 15 is 0 Å². The van der Waals surface area contributed by atoms with Crippen LogP contribution in [0.4, 0.5) is 0 Å². The molecule has 0 bridgehead atoms. The Labute approximate surface area is 75.1 Å². The van der Waals surface area contributed by atoms with E-state index in [2.05, 4.69) is 49.1 Å². The molecule has 2 atom stereocenters. The van der Waals surface area contributed by atoms with E-state index in [1.807, 2.05) is 0 Å². The third-order valence-electron chi connectivity index (χ3n) is 2.27. The largest absolute Gasteiger partial charge is 0.0831 e. The SMILES string of the molecule is C[C@H]1CC=C[P@@]1c1ccccc1. The van der Waals surface area contributed by atoms with Crippen molar-refractivity contribution in [3.8, 4) is 0 Å². The fourth-order valence-corrected chi connectivity index (χ4v) is 3.76. The molecule has 1 aliphatic heterocycles. The van der Waals surface area contributed by atoms with Crippen molar-refractivity contribution in [1.82, 2.24) is 0 Å². The van der Waals surface area contributed by atoms with Gasteiger partial charge in [0.1, 0.15) is 0 Å². The Balaban J connectivity index is 2.25. The average molecular weight is 176 g/mol. The molecule has 0 N–H and O–H groups in total. The van der Waals surface area contributed by atoms with Gasteiger partial charge in [0.2, 0.25) is 0 Å². The Morgan fingerprint density at radius 2 is 2.00 bits per heavy atom. The first-order valence-corrected chi connectivity index (χ1v) is 5.86. The molecule has 0 amide bonds. The van der Waals surface area contributed by atoms with Crippen LogP contribution in [0.5, 0.6) is 0 Å². The van der Waals surface area contributed by atoms with Crippen molar-refractivity contribution in [1.29, 1.82) is 0 Å². The molecule has 2 rings (SSSR count). The zero-order valence-electron chi connectivity index (χ0n) is 7.27. The van der Waals surface area contributed by atoms with Gasteiger partial charge in [-0.15, -0.1) is 0 Å². The summed E-state index contributed by atoms with van der Waals surface area (Å²) >= 11 is 0. The van der Waals surface area contributed by atoms with Crippen LogP contribution >= 0.6 is 7.92 Å². The molecule has 0 unspecified atom stereocenters. The first-order chi connectivity index (χ1) is 5.88. The van der Waals surface area contributed by atoms with Crippen LogP contribution in [0.15, 0.2) is 42.2 Å². The number of hydrogen-bond acceptors (Lipinski definition) is 0. The first-order valence-electron chi connectivity index (χ1n) is 4.38. The minimum atomic E-state index is 0.0180. The molecular formula is C11H13P. The van der Waals surface area contributed by atoms with Crippen LogP contribution in [0, 0.1) is 0 Å². The van der Waals surface area contributed by atoms with E-state index in [1.54, 1.807) is 0 Å². The lowest BCUT2D eigenvalue weighted by atomic mass is 10.3. The quantitative estimate of drug-likeness (QED) is 0.577. The van der Waals surface area contributed by atoms with E-state index in [0.717, 1.165) is 5.66 Å². The number of benzene rings is 1. The second kappa shape index (κ2) is 3.41. The maximum atomic E-state index is 2.40. The van der Waals surface area contributed by atoms with Crippen LogP contribution in [0.2, 0.25) is 0 Å². The highest BCUT2D eigenvalue weighted by Gasteiger charge is 2.18. The third-order valence-corrected chi connectivity index (χ3v) is 4.86. The van der Waals surface area contributed by atoms with Gasteiger partial charge in [-0.05, 0) is 25.3 Å². The minimum Gasteiger partial charge on any atom is -0.0831 e. The summed E-state index contributed by atoms with van der Waals surface area (Å²) in [6, 6.07) is 10.9. The van der Waals surface area contributed by atoms with Gasteiger partial charge in [-0.2, -0.15) is 0 Å². The van der Waals surface area contributed by atoms with E-state index in [0.29, 0.717) is 0 Å². The lowest BCUT2D eigenvalue weighted by Gasteiger charge is -2.14. The maximum absolute atomic E-state index is 2.40. The van der Waals surface area contributed by atoms with Gasteiger partial charge in [0.25, 0.3) is 0 Å². The molecule has 0 radical (unpaired) electrons. The fraction of sp³-hybridized carbons (Fsp3) is 0.273. The van der Waals surface area contributed by atoms with Crippen LogP contribution in [-0.4, -0.2) is 5.66 Å². The van der Waals surface area contributed by atoms with Crippen molar-refractivity contribution < 1.29 is 0 Å². The first kappa shape index (κ1) is 8.01. The van der Waals surface area contributed by atoms with Crippen LogP contribution in [-0.2, 0) is 0 Å². The van der Waals surface area contributed by atoms with Crippen LogP contribution in [0.25, 0.3) is 0 Å². The van der Waals surface area contributed by atoms with E-state index in [9.17, 15) is 0 Å². The average Bonchev–Trinajstić information content (AvgIpc) is 2.53.